The molecule has 0 fully saturated rings. The molecule has 0 aliphatic heterocycles. The zero-order chi connectivity index (χ0) is 14.9. The van der Waals surface area contributed by atoms with Gasteiger partial charge in [0, 0.05) is 19.8 Å². The summed E-state index contributed by atoms with van der Waals surface area (Å²) >= 11 is 0. The zero-order valence-corrected chi connectivity index (χ0v) is 12.5. The molecule has 0 amide bonds. The molecule has 0 spiro atoms. The molecule has 0 aromatic carbocycles. The maximum atomic E-state index is 10.2. The molecule has 0 saturated carbocycles. The van der Waals surface area contributed by atoms with E-state index in [1.165, 1.54) is 25.3 Å². The van der Waals surface area contributed by atoms with Crippen molar-refractivity contribution >= 4 is 5.97 Å². The van der Waals surface area contributed by atoms with Gasteiger partial charge in [0.25, 0.3) is 0 Å². The Morgan fingerprint density at radius 2 is 1.60 bits per heavy atom. The lowest BCUT2D eigenvalue weighted by atomic mass is 10.1. The van der Waals surface area contributed by atoms with Crippen LogP contribution in [0.15, 0.2) is 12.2 Å². The summed E-state index contributed by atoms with van der Waals surface area (Å²) < 4.78 is 15.3. The van der Waals surface area contributed by atoms with Crippen LogP contribution in [0.25, 0.3) is 0 Å². The van der Waals surface area contributed by atoms with Gasteiger partial charge in [0.1, 0.15) is 6.79 Å². The molecular weight excluding hydrogens is 260 g/mol. The Morgan fingerprint density at radius 3 is 2.30 bits per heavy atom. The third-order valence-corrected chi connectivity index (χ3v) is 2.77. The number of unbranched alkanes of at least 4 members (excludes halogenated alkanes) is 6. The Bertz CT molecular complexity index is 240. The van der Waals surface area contributed by atoms with Crippen LogP contribution in [0.1, 0.15) is 44.9 Å². The van der Waals surface area contributed by atoms with Crippen LogP contribution in [0, 0.1) is 0 Å². The van der Waals surface area contributed by atoms with E-state index in [4.69, 9.17) is 19.3 Å². The molecular formula is C15H28O5. The van der Waals surface area contributed by atoms with Gasteiger partial charge in [-0.1, -0.05) is 31.8 Å². The Labute approximate surface area is 121 Å². The largest absolute Gasteiger partial charge is 0.478 e. The number of ether oxygens (including phenoxy) is 3. The summed E-state index contributed by atoms with van der Waals surface area (Å²) in [5.41, 5.74) is 0. The second kappa shape index (κ2) is 16.1. The highest BCUT2D eigenvalue weighted by Gasteiger charge is 1.93. The minimum atomic E-state index is -0.865. The molecule has 0 bridgehead atoms. The topological polar surface area (TPSA) is 65.0 Å². The minimum absolute atomic E-state index is 0.347. The number of hydrogen-bond donors (Lipinski definition) is 1. The Hall–Kier alpha value is -0.910. The highest BCUT2D eigenvalue weighted by atomic mass is 16.7. The molecule has 5 heteroatoms. The number of aliphatic carboxylic acids is 1. The van der Waals surface area contributed by atoms with Crippen molar-refractivity contribution in [2.45, 2.75) is 44.9 Å². The first-order chi connectivity index (χ1) is 9.77. The van der Waals surface area contributed by atoms with Crippen molar-refractivity contribution in [1.82, 2.24) is 0 Å². The smallest absolute Gasteiger partial charge is 0.327 e. The van der Waals surface area contributed by atoms with E-state index in [1.54, 1.807) is 13.2 Å². The summed E-state index contributed by atoms with van der Waals surface area (Å²) in [4.78, 5) is 10.2. The van der Waals surface area contributed by atoms with Gasteiger partial charge in [0.05, 0.1) is 13.2 Å². The molecule has 5 nitrogen and oxygen atoms in total. The van der Waals surface area contributed by atoms with Gasteiger partial charge in [-0.25, -0.2) is 4.79 Å². The number of rotatable bonds is 15. The molecule has 1 N–H and O–H groups in total. The third kappa shape index (κ3) is 17.1. The monoisotopic (exact) mass is 288 g/mol. The molecule has 0 heterocycles. The first-order valence-electron chi connectivity index (χ1n) is 7.31. The summed E-state index contributed by atoms with van der Waals surface area (Å²) in [6.07, 6.45) is 10.6. The summed E-state index contributed by atoms with van der Waals surface area (Å²) in [5.74, 6) is -0.865. The van der Waals surface area contributed by atoms with Crippen molar-refractivity contribution in [2.75, 3.05) is 33.7 Å². The van der Waals surface area contributed by atoms with Crippen molar-refractivity contribution in [3.05, 3.63) is 12.2 Å². The van der Waals surface area contributed by atoms with Crippen LogP contribution in [0.5, 0.6) is 0 Å². The molecule has 0 atom stereocenters. The van der Waals surface area contributed by atoms with Crippen LogP contribution in [0.3, 0.4) is 0 Å². The Balaban J connectivity index is 3.01. The summed E-state index contributed by atoms with van der Waals surface area (Å²) in [7, 11) is 1.65. The third-order valence-electron chi connectivity index (χ3n) is 2.77. The van der Waals surface area contributed by atoms with E-state index in [0.717, 1.165) is 32.3 Å². The molecule has 0 saturated heterocycles. The van der Waals surface area contributed by atoms with Gasteiger partial charge in [-0.3, -0.25) is 0 Å². The quantitative estimate of drug-likeness (QED) is 0.285. The van der Waals surface area contributed by atoms with E-state index in [-0.39, 0.29) is 0 Å². The van der Waals surface area contributed by atoms with Gasteiger partial charge < -0.3 is 19.3 Å². The van der Waals surface area contributed by atoms with Gasteiger partial charge >= 0.3 is 5.97 Å². The van der Waals surface area contributed by atoms with Crippen molar-refractivity contribution in [2.24, 2.45) is 0 Å². The van der Waals surface area contributed by atoms with E-state index in [9.17, 15) is 4.79 Å². The fourth-order valence-electron chi connectivity index (χ4n) is 1.68. The van der Waals surface area contributed by atoms with Gasteiger partial charge in [-0.2, -0.15) is 0 Å². The van der Waals surface area contributed by atoms with Gasteiger partial charge in [0.2, 0.25) is 0 Å². The predicted molar refractivity (Wildman–Crippen MR) is 77.7 cm³/mol. The number of allylic oxidation sites excluding steroid dienone is 1. The molecule has 0 radical (unpaired) electrons. The van der Waals surface area contributed by atoms with Crippen LogP contribution in [0.4, 0.5) is 0 Å². The number of hydrogen-bond acceptors (Lipinski definition) is 4. The van der Waals surface area contributed by atoms with E-state index in [2.05, 4.69) is 0 Å². The number of methoxy groups -OCH3 is 1. The zero-order valence-electron chi connectivity index (χ0n) is 12.5. The van der Waals surface area contributed by atoms with Crippen molar-refractivity contribution in [3.63, 3.8) is 0 Å². The van der Waals surface area contributed by atoms with Gasteiger partial charge in [-0.15, -0.1) is 0 Å². The molecule has 118 valence electrons. The molecule has 0 unspecified atom stereocenters. The molecule has 0 aromatic rings. The highest BCUT2D eigenvalue weighted by molar-refractivity contribution is 5.79. The van der Waals surface area contributed by atoms with Gasteiger partial charge in [0.15, 0.2) is 0 Å². The standard InChI is InChI=1S/C15H28O5/c1-18-12-13-20-14-19-11-9-7-5-3-2-4-6-8-10-15(16)17/h8,10H,2-7,9,11-14H2,1H3,(H,16,17)/b10-8+. The molecule has 0 aromatic heterocycles. The average Bonchev–Trinajstić information content (AvgIpc) is 2.43. The minimum Gasteiger partial charge on any atom is -0.478 e. The lowest BCUT2D eigenvalue weighted by molar-refractivity contribution is -0.131. The van der Waals surface area contributed by atoms with Crippen molar-refractivity contribution < 1.29 is 24.1 Å². The molecule has 0 rings (SSSR count). The van der Waals surface area contributed by atoms with Crippen LogP contribution >= 0.6 is 0 Å². The summed E-state index contributed by atoms with van der Waals surface area (Å²) in [6.45, 7) is 2.27. The summed E-state index contributed by atoms with van der Waals surface area (Å²) in [6, 6.07) is 0. The van der Waals surface area contributed by atoms with Crippen LogP contribution in [-0.2, 0) is 19.0 Å². The SMILES string of the molecule is COCCOCOCCCCCCCC/C=C/C(=O)O. The second-order valence-corrected chi connectivity index (χ2v) is 4.58. The Kier molecular flexibility index (Phi) is 15.4. The van der Waals surface area contributed by atoms with E-state index >= 15 is 0 Å². The number of carboxylic acids is 1. The molecule has 20 heavy (non-hydrogen) atoms. The highest BCUT2D eigenvalue weighted by Crippen LogP contribution is 2.07. The molecule has 0 aliphatic carbocycles. The van der Waals surface area contributed by atoms with E-state index < -0.39 is 5.97 Å². The maximum absolute atomic E-state index is 10.2. The first kappa shape index (κ1) is 19.1. The first-order valence-corrected chi connectivity index (χ1v) is 7.31. The van der Waals surface area contributed by atoms with Crippen LogP contribution in [-0.4, -0.2) is 44.8 Å². The predicted octanol–water partition coefficient (Wildman–Crippen LogP) is 3.00. The lowest BCUT2D eigenvalue weighted by Crippen LogP contribution is -2.06. The van der Waals surface area contributed by atoms with E-state index in [0.29, 0.717) is 20.0 Å². The van der Waals surface area contributed by atoms with Crippen LogP contribution < -0.4 is 0 Å². The van der Waals surface area contributed by atoms with Gasteiger partial charge in [-0.05, 0) is 19.3 Å². The normalized spacial score (nSPS) is 11.2. The van der Waals surface area contributed by atoms with Crippen LogP contribution in [0.2, 0.25) is 0 Å². The maximum Gasteiger partial charge on any atom is 0.327 e. The molecule has 0 aliphatic rings. The summed E-state index contributed by atoms with van der Waals surface area (Å²) in [5, 5.41) is 8.40. The number of carbonyl (C=O) groups is 1. The van der Waals surface area contributed by atoms with E-state index in [1.807, 2.05) is 0 Å². The lowest BCUT2D eigenvalue weighted by Gasteiger charge is -2.05. The number of carboxylic acid groups (broad SMARTS) is 1. The second-order valence-electron chi connectivity index (χ2n) is 4.58. The fourth-order valence-corrected chi connectivity index (χ4v) is 1.68. The average molecular weight is 288 g/mol. The Morgan fingerprint density at radius 1 is 0.950 bits per heavy atom. The van der Waals surface area contributed by atoms with Crippen molar-refractivity contribution in [3.8, 4) is 0 Å². The van der Waals surface area contributed by atoms with Crippen molar-refractivity contribution in [1.29, 1.82) is 0 Å². The fraction of sp³-hybridized carbons (Fsp3) is 0.800.